The second-order valence-electron chi connectivity index (χ2n) is 7.52. The average molecular weight is 421 g/mol. The number of hydrogen-bond acceptors (Lipinski definition) is 3. The minimum Gasteiger partial charge on any atom is -0.308 e. The van der Waals surface area contributed by atoms with Crippen LogP contribution in [0, 0.1) is 6.92 Å². The molecule has 0 N–H and O–H groups in total. The van der Waals surface area contributed by atoms with E-state index in [1.807, 2.05) is 31.2 Å². The second kappa shape index (κ2) is 7.95. The number of benzene rings is 3. The first kappa shape index (κ1) is 20.2. The van der Waals surface area contributed by atoms with Gasteiger partial charge in [0.05, 0.1) is 10.6 Å². The van der Waals surface area contributed by atoms with E-state index in [4.69, 9.17) is 0 Å². The summed E-state index contributed by atoms with van der Waals surface area (Å²) in [5.41, 5.74) is 4.00. The summed E-state index contributed by atoms with van der Waals surface area (Å²) in [6.45, 7) is 2.56. The molecule has 3 aromatic carbocycles. The minimum atomic E-state index is -3.72. The fourth-order valence-corrected chi connectivity index (χ4v) is 4.93. The lowest BCUT2D eigenvalue weighted by Gasteiger charge is -2.30. The van der Waals surface area contributed by atoms with Crippen molar-refractivity contribution in [2.24, 2.45) is 0 Å². The fraction of sp³-hybridized carbons (Fsp3) is 0.208. The van der Waals surface area contributed by atoms with E-state index in [0.717, 1.165) is 29.7 Å². The molecule has 3 aromatic rings. The van der Waals surface area contributed by atoms with Crippen molar-refractivity contribution in [3.8, 4) is 0 Å². The normalized spacial score (nSPS) is 13.6. The van der Waals surface area contributed by atoms with Gasteiger partial charge in [-0.25, -0.2) is 8.42 Å². The first-order valence-corrected chi connectivity index (χ1v) is 11.4. The number of anilines is 2. The smallest absolute Gasteiger partial charge is 0.264 e. The van der Waals surface area contributed by atoms with Crippen LogP contribution in [0.1, 0.15) is 27.9 Å². The van der Waals surface area contributed by atoms with Crippen molar-refractivity contribution in [1.82, 2.24) is 0 Å². The van der Waals surface area contributed by atoms with E-state index in [1.54, 1.807) is 53.4 Å². The molecule has 0 radical (unpaired) electrons. The van der Waals surface area contributed by atoms with Crippen molar-refractivity contribution in [2.45, 2.75) is 24.7 Å². The zero-order chi connectivity index (χ0) is 21.3. The summed E-state index contributed by atoms with van der Waals surface area (Å²) in [6, 6.07) is 21.5. The van der Waals surface area contributed by atoms with Gasteiger partial charge in [0.25, 0.3) is 15.9 Å². The molecule has 0 fully saturated rings. The summed E-state index contributed by atoms with van der Waals surface area (Å²) in [6.07, 6.45) is 1.86. The molecule has 1 aliphatic heterocycles. The Morgan fingerprint density at radius 2 is 1.70 bits per heavy atom. The molecule has 1 amide bonds. The molecule has 0 bridgehead atoms. The summed E-state index contributed by atoms with van der Waals surface area (Å²) in [4.78, 5) is 15.3. The first-order valence-electron chi connectivity index (χ1n) is 9.93. The largest absolute Gasteiger partial charge is 0.308 e. The van der Waals surface area contributed by atoms with Crippen LogP contribution in [0.3, 0.4) is 0 Å². The first-order chi connectivity index (χ1) is 14.4. The molecule has 1 heterocycles. The number of rotatable bonds is 4. The van der Waals surface area contributed by atoms with Crippen molar-refractivity contribution in [2.75, 3.05) is 22.8 Å². The van der Waals surface area contributed by atoms with Crippen LogP contribution in [0.25, 0.3) is 0 Å². The summed E-state index contributed by atoms with van der Waals surface area (Å²) in [7, 11) is -2.21. The van der Waals surface area contributed by atoms with Gasteiger partial charge >= 0.3 is 0 Å². The van der Waals surface area contributed by atoms with Gasteiger partial charge in [0.2, 0.25) is 0 Å². The van der Waals surface area contributed by atoms with Crippen LogP contribution in [0.4, 0.5) is 11.4 Å². The summed E-state index contributed by atoms with van der Waals surface area (Å²) >= 11 is 0. The molecule has 1 aliphatic rings. The molecule has 0 spiro atoms. The van der Waals surface area contributed by atoms with E-state index in [1.165, 1.54) is 11.4 Å². The fourth-order valence-electron chi connectivity index (χ4n) is 3.74. The van der Waals surface area contributed by atoms with Crippen LogP contribution in [-0.2, 0) is 16.4 Å². The van der Waals surface area contributed by atoms with Gasteiger partial charge in [0.15, 0.2) is 0 Å². The number of carbonyl (C=O) groups is 1. The molecular formula is C24H24N2O3S. The molecule has 0 aliphatic carbocycles. The lowest BCUT2D eigenvalue weighted by Crippen LogP contribution is -2.35. The van der Waals surface area contributed by atoms with Gasteiger partial charge in [-0.2, -0.15) is 0 Å². The third kappa shape index (κ3) is 3.71. The highest BCUT2D eigenvalue weighted by Gasteiger charge is 2.25. The van der Waals surface area contributed by atoms with Crippen LogP contribution >= 0.6 is 0 Å². The van der Waals surface area contributed by atoms with Crippen LogP contribution in [0.15, 0.2) is 77.7 Å². The van der Waals surface area contributed by atoms with Crippen molar-refractivity contribution < 1.29 is 13.2 Å². The predicted octanol–water partition coefficient (Wildman–Crippen LogP) is 4.41. The second-order valence-corrected chi connectivity index (χ2v) is 9.49. The van der Waals surface area contributed by atoms with Gasteiger partial charge in [0, 0.05) is 24.8 Å². The van der Waals surface area contributed by atoms with Crippen molar-refractivity contribution in [3.63, 3.8) is 0 Å². The number of fused-ring (bicyclic) bond motifs is 1. The van der Waals surface area contributed by atoms with Crippen molar-refractivity contribution >= 4 is 27.3 Å². The summed E-state index contributed by atoms with van der Waals surface area (Å²) < 4.78 is 27.3. The van der Waals surface area contributed by atoms with E-state index >= 15 is 0 Å². The topological polar surface area (TPSA) is 57.7 Å². The molecule has 5 nitrogen and oxygen atoms in total. The zero-order valence-corrected chi connectivity index (χ0v) is 17.9. The third-order valence-electron chi connectivity index (χ3n) is 5.49. The van der Waals surface area contributed by atoms with Gasteiger partial charge in [-0.15, -0.1) is 0 Å². The molecule has 30 heavy (non-hydrogen) atoms. The van der Waals surface area contributed by atoms with E-state index < -0.39 is 10.0 Å². The molecule has 154 valence electrons. The van der Waals surface area contributed by atoms with Crippen LogP contribution in [0.2, 0.25) is 0 Å². The Kier molecular flexibility index (Phi) is 5.35. The van der Waals surface area contributed by atoms with Crippen molar-refractivity contribution in [3.05, 3.63) is 89.5 Å². The van der Waals surface area contributed by atoms with Crippen molar-refractivity contribution in [1.29, 1.82) is 0 Å². The van der Waals surface area contributed by atoms with E-state index in [-0.39, 0.29) is 10.8 Å². The van der Waals surface area contributed by atoms with Crippen LogP contribution in [-0.4, -0.2) is 27.9 Å². The quantitative estimate of drug-likeness (QED) is 0.628. The van der Waals surface area contributed by atoms with Gasteiger partial charge < -0.3 is 4.90 Å². The molecule has 0 atom stereocenters. The molecule has 0 aromatic heterocycles. The highest BCUT2D eigenvalue weighted by atomic mass is 32.2. The van der Waals surface area contributed by atoms with E-state index in [9.17, 15) is 13.2 Å². The minimum absolute atomic E-state index is 0.120. The van der Waals surface area contributed by atoms with E-state index in [0.29, 0.717) is 17.8 Å². The maximum atomic E-state index is 13.3. The van der Waals surface area contributed by atoms with Crippen LogP contribution < -0.4 is 9.21 Å². The standard InChI is InChI=1S/C24H24N2O3S/c1-18-12-14-22(15-13-18)30(28,29)25(2)21-10-5-8-20(17-21)24(27)26-16-6-9-19-7-3-4-11-23(19)26/h3-5,7-8,10-15,17H,6,9,16H2,1-2H3. The predicted molar refractivity (Wildman–Crippen MR) is 120 cm³/mol. The van der Waals surface area contributed by atoms with Gasteiger partial charge in [-0.05, 0) is 61.7 Å². The SMILES string of the molecule is Cc1ccc(S(=O)(=O)N(C)c2cccc(C(=O)N3CCCc4ccccc43)c2)cc1. The molecule has 0 saturated carbocycles. The number of amides is 1. The monoisotopic (exact) mass is 420 g/mol. The summed E-state index contributed by atoms with van der Waals surface area (Å²) in [5, 5.41) is 0. The lowest BCUT2D eigenvalue weighted by molar-refractivity contribution is 0.0985. The Balaban J connectivity index is 1.65. The van der Waals surface area contributed by atoms with Crippen LogP contribution in [0.5, 0.6) is 0 Å². The molecule has 6 heteroatoms. The number of carbonyl (C=O) groups excluding carboxylic acids is 1. The van der Waals surface area contributed by atoms with Gasteiger partial charge in [0.1, 0.15) is 0 Å². The molecule has 4 rings (SSSR count). The molecular weight excluding hydrogens is 396 g/mol. The number of sulfonamides is 1. The Morgan fingerprint density at radius 3 is 2.47 bits per heavy atom. The number of aryl methyl sites for hydroxylation is 2. The summed E-state index contributed by atoms with van der Waals surface area (Å²) in [5.74, 6) is -0.120. The highest BCUT2D eigenvalue weighted by Crippen LogP contribution is 2.29. The molecule has 0 unspecified atom stereocenters. The number of nitrogens with zero attached hydrogens (tertiary/aromatic N) is 2. The Hall–Kier alpha value is -3.12. The molecule has 0 saturated heterocycles. The Labute approximate surface area is 177 Å². The van der Waals surface area contributed by atoms with E-state index in [2.05, 4.69) is 0 Å². The zero-order valence-electron chi connectivity index (χ0n) is 17.1. The number of hydrogen-bond donors (Lipinski definition) is 0. The van der Waals surface area contributed by atoms with Gasteiger partial charge in [-0.3, -0.25) is 9.10 Å². The highest BCUT2D eigenvalue weighted by molar-refractivity contribution is 7.92. The maximum absolute atomic E-state index is 13.3. The lowest BCUT2D eigenvalue weighted by atomic mass is 10.0. The maximum Gasteiger partial charge on any atom is 0.264 e. The Bertz CT molecular complexity index is 1190. The third-order valence-corrected chi connectivity index (χ3v) is 7.29. The Morgan fingerprint density at radius 1 is 0.967 bits per heavy atom. The van der Waals surface area contributed by atoms with Gasteiger partial charge in [-0.1, -0.05) is 42.0 Å². The average Bonchev–Trinajstić information content (AvgIpc) is 2.78. The number of para-hydroxylation sites is 1.